The van der Waals surface area contributed by atoms with E-state index in [0.717, 1.165) is 17.6 Å². The molecule has 0 aromatic carbocycles. The van der Waals surface area contributed by atoms with Crippen LogP contribution in [0.2, 0.25) is 0 Å². The molecule has 0 bridgehead atoms. The van der Waals surface area contributed by atoms with Crippen LogP contribution in [0.15, 0.2) is 21.8 Å². The first-order valence-corrected chi connectivity index (χ1v) is 8.94. The fourth-order valence-electron chi connectivity index (χ4n) is 5.67. The average molecular weight is 340 g/mol. The van der Waals surface area contributed by atoms with E-state index in [9.17, 15) is 14.4 Å². The molecule has 3 aliphatic carbocycles. The zero-order valence-corrected chi connectivity index (χ0v) is 14.6. The minimum atomic E-state index is -0.554. The maximum Gasteiger partial charge on any atom is 0.342 e. The van der Waals surface area contributed by atoms with Gasteiger partial charge in [-0.3, -0.25) is 9.59 Å². The highest BCUT2D eigenvalue weighted by Gasteiger charge is 2.60. The first kappa shape index (κ1) is 15.1. The van der Waals surface area contributed by atoms with Gasteiger partial charge >= 0.3 is 5.97 Å². The molecule has 25 heavy (non-hydrogen) atoms. The minimum absolute atomic E-state index is 0.0559. The lowest BCUT2D eigenvalue weighted by Crippen LogP contribution is -2.51. The summed E-state index contributed by atoms with van der Waals surface area (Å²) in [6.45, 7) is 5.93. The Hall–Kier alpha value is -2.17. The first-order valence-electron chi connectivity index (χ1n) is 8.94. The van der Waals surface area contributed by atoms with Gasteiger partial charge in [-0.05, 0) is 38.7 Å². The molecule has 1 aliphatic heterocycles. The fraction of sp³-hybridized carbons (Fsp3) is 0.550. The van der Waals surface area contributed by atoms with Crippen LogP contribution in [0.1, 0.15) is 72.9 Å². The van der Waals surface area contributed by atoms with Gasteiger partial charge in [-0.25, -0.2) is 4.79 Å². The molecule has 0 spiro atoms. The van der Waals surface area contributed by atoms with Crippen LogP contribution in [-0.4, -0.2) is 23.6 Å². The molecule has 0 N–H and O–H groups in total. The van der Waals surface area contributed by atoms with Crippen molar-refractivity contribution >= 4 is 17.5 Å². The molecule has 5 rings (SSSR count). The molecule has 0 amide bonds. The number of carbonyl (C=O) groups excluding carboxylic acids is 3. The number of ketones is 2. The Kier molecular flexibility index (Phi) is 2.61. The van der Waals surface area contributed by atoms with E-state index in [1.165, 1.54) is 6.26 Å². The van der Waals surface area contributed by atoms with E-state index < -0.39 is 16.8 Å². The number of esters is 1. The van der Waals surface area contributed by atoms with E-state index >= 15 is 0 Å². The summed E-state index contributed by atoms with van der Waals surface area (Å²) in [6, 6.07) is 0. The standard InChI is InChI=1S/C20H20O5/c1-9-20(3)12-6-7-19(2)11(4-5-13(19)21)14(12)16(22)17-15(20)10(8-24-17)18(23)25-9/h8-9,11H,4-7H2,1-3H3/t9-,11?,19+,20-/m1/s1. The largest absolute Gasteiger partial charge is 0.460 e. The number of ether oxygens (including phenoxy) is 1. The van der Waals surface area contributed by atoms with Crippen molar-refractivity contribution in [2.24, 2.45) is 11.3 Å². The Balaban J connectivity index is 1.80. The van der Waals surface area contributed by atoms with Gasteiger partial charge in [-0.15, -0.1) is 0 Å². The number of fused-ring (bicyclic) bond motifs is 3. The summed E-state index contributed by atoms with van der Waals surface area (Å²) >= 11 is 0. The van der Waals surface area contributed by atoms with Crippen LogP contribution < -0.4 is 0 Å². The van der Waals surface area contributed by atoms with E-state index in [2.05, 4.69) is 0 Å². The third-order valence-corrected chi connectivity index (χ3v) is 7.34. The Morgan fingerprint density at radius 3 is 2.68 bits per heavy atom. The van der Waals surface area contributed by atoms with Gasteiger partial charge in [0.05, 0.1) is 5.41 Å². The summed E-state index contributed by atoms with van der Waals surface area (Å²) in [5.41, 5.74) is 1.85. The third kappa shape index (κ3) is 1.49. The van der Waals surface area contributed by atoms with Crippen LogP contribution in [0.25, 0.3) is 0 Å². The van der Waals surface area contributed by atoms with E-state index in [1.807, 2.05) is 20.8 Å². The molecule has 0 radical (unpaired) electrons. The molecule has 5 nitrogen and oxygen atoms in total. The van der Waals surface area contributed by atoms with E-state index in [1.54, 1.807) is 0 Å². The van der Waals surface area contributed by atoms with Crippen molar-refractivity contribution in [3.05, 3.63) is 34.3 Å². The van der Waals surface area contributed by atoms with Crippen LogP contribution in [0, 0.1) is 11.3 Å². The predicted octanol–water partition coefficient (Wildman–Crippen LogP) is 3.37. The molecule has 130 valence electrons. The van der Waals surface area contributed by atoms with Crippen LogP contribution in [0.4, 0.5) is 0 Å². The second-order valence-corrected chi connectivity index (χ2v) is 8.26. The summed E-state index contributed by atoms with van der Waals surface area (Å²) in [4.78, 5) is 38.0. The van der Waals surface area contributed by atoms with Crippen molar-refractivity contribution in [2.75, 3.05) is 0 Å². The molecule has 4 atom stereocenters. The highest BCUT2D eigenvalue weighted by molar-refractivity contribution is 6.14. The summed E-state index contributed by atoms with van der Waals surface area (Å²) in [6.07, 6.45) is 3.66. The van der Waals surface area contributed by atoms with Crippen molar-refractivity contribution in [3.8, 4) is 0 Å². The van der Waals surface area contributed by atoms with Gasteiger partial charge in [0.2, 0.25) is 5.78 Å². The zero-order chi connectivity index (χ0) is 17.7. The number of Topliss-reactive ketones (excluding diaryl/α,β-unsaturated/α-hetero) is 2. The monoisotopic (exact) mass is 340 g/mol. The lowest BCUT2D eigenvalue weighted by atomic mass is 9.55. The summed E-state index contributed by atoms with van der Waals surface area (Å²) in [5.74, 6) is -0.0937. The summed E-state index contributed by atoms with van der Waals surface area (Å²) in [7, 11) is 0. The van der Waals surface area contributed by atoms with Crippen LogP contribution in [0.3, 0.4) is 0 Å². The van der Waals surface area contributed by atoms with Gasteiger partial charge in [-0.1, -0.05) is 6.92 Å². The van der Waals surface area contributed by atoms with Crippen LogP contribution in [-0.2, 0) is 14.9 Å². The van der Waals surface area contributed by atoms with Crippen LogP contribution in [0.5, 0.6) is 0 Å². The highest BCUT2D eigenvalue weighted by atomic mass is 16.5. The topological polar surface area (TPSA) is 73.6 Å². The SMILES string of the molecule is C[C@H]1OC(=O)c2coc3c2[C@@]1(C)C1=C(C3=O)C2CCC(=O)[C@@]2(C)CC1. The Bertz CT molecular complexity index is 903. The Morgan fingerprint density at radius 1 is 1.16 bits per heavy atom. The zero-order valence-electron chi connectivity index (χ0n) is 14.6. The molecule has 1 fully saturated rings. The predicted molar refractivity (Wildman–Crippen MR) is 87.4 cm³/mol. The highest BCUT2D eigenvalue weighted by Crippen LogP contribution is 2.60. The van der Waals surface area contributed by atoms with Crippen molar-refractivity contribution in [1.82, 2.24) is 0 Å². The molecular weight excluding hydrogens is 320 g/mol. The number of rotatable bonds is 0. The van der Waals surface area contributed by atoms with Crippen LogP contribution >= 0.6 is 0 Å². The second-order valence-electron chi connectivity index (χ2n) is 8.26. The number of carbonyl (C=O) groups is 3. The van der Waals surface area contributed by atoms with Gasteiger partial charge in [0.25, 0.3) is 0 Å². The van der Waals surface area contributed by atoms with Crippen molar-refractivity contribution in [2.45, 2.75) is 58.0 Å². The average Bonchev–Trinajstić information content (AvgIpc) is 3.14. The lowest BCUT2D eigenvalue weighted by molar-refractivity contribution is -0.126. The first-order chi connectivity index (χ1) is 11.8. The van der Waals surface area contributed by atoms with Crippen molar-refractivity contribution in [1.29, 1.82) is 0 Å². The Labute approximate surface area is 145 Å². The van der Waals surface area contributed by atoms with Crippen molar-refractivity contribution < 1.29 is 23.5 Å². The van der Waals surface area contributed by atoms with Gasteiger partial charge in [-0.2, -0.15) is 0 Å². The number of cyclic esters (lactones) is 1. The van der Waals surface area contributed by atoms with Gasteiger partial charge in [0, 0.05) is 28.9 Å². The lowest BCUT2D eigenvalue weighted by Gasteiger charge is -2.49. The number of allylic oxidation sites excluding steroid dienone is 1. The summed E-state index contributed by atoms with van der Waals surface area (Å²) in [5, 5.41) is 0. The molecule has 0 saturated heterocycles. The molecule has 4 aliphatic rings. The number of hydrogen-bond donors (Lipinski definition) is 0. The minimum Gasteiger partial charge on any atom is -0.460 e. The van der Waals surface area contributed by atoms with E-state index in [4.69, 9.17) is 9.15 Å². The second kappa shape index (κ2) is 4.32. The van der Waals surface area contributed by atoms with Gasteiger partial charge in [0.15, 0.2) is 5.76 Å². The normalized spacial score (nSPS) is 39.1. The molecule has 1 unspecified atom stereocenters. The fourth-order valence-corrected chi connectivity index (χ4v) is 5.67. The molecule has 1 aromatic rings. The van der Waals surface area contributed by atoms with Gasteiger partial charge < -0.3 is 9.15 Å². The van der Waals surface area contributed by atoms with E-state index in [-0.39, 0.29) is 29.3 Å². The quantitative estimate of drug-likeness (QED) is 0.677. The van der Waals surface area contributed by atoms with Gasteiger partial charge in [0.1, 0.15) is 23.7 Å². The molecule has 1 saturated carbocycles. The van der Waals surface area contributed by atoms with Crippen molar-refractivity contribution in [3.63, 3.8) is 0 Å². The molecule has 5 heteroatoms. The third-order valence-electron chi connectivity index (χ3n) is 7.34. The molecule has 2 heterocycles. The Morgan fingerprint density at radius 2 is 1.92 bits per heavy atom. The van der Waals surface area contributed by atoms with E-state index in [0.29, 0.717) is 30.4 Å². The summed E-state index contributed by atoms with van der Waals surface area (Å²) < 4.78 is 11.2. The maximum atomic E-state index is 13.3. The molecule has 1 aromatic heterocycles. The smallest absolute Gasteiger partial charge is 0.342 e. The number of furan rings is 1. The maximum absolute atomic E-state index is 13.3. The molecular formula is C20H20O5. The number of hydrogen-bond acceptors (Lipinski definition) is 5.